The zero-order valence-corrected chi connectivity index (χ0v) is 19.3. The van der Waals surface area contributed by atoms with Gasteiger partial charge in [0.2, 0.25) is 0 Å². The summed E-state index contributed by atoms with van der Waals surface area (Å²) in [6.45, 7) is 2.93. The van der Waals surface area contributed by atoms with Gasteiger partial charge in [0.05, 0.1) is 12.5 Å². The van der Waals surface area contributed by atoms with Gasteiger partial charge in [0.1, 0.15) is 0 Å². The monoisotopic (exact) mass is 442 g/mol. The first-order valence-electron chi connectivity index (χ1n) is 12.0. The lowest BCUT2D eigenvalue weighted by Gasteiger charge is -2.37. The SMILES string of the molecule is CCCCCC1CCC(C2CCC(C(=O)OCCCCCCBr)CC2)CC1. The van der Waals surface area contributed by atoms with Crippen LogP contribution in [0, 0.1) is 23.7 Å². The highest BCUT2D eigenvalue weighted by Crippen LogP contribution is 2.42. The van der Waals surface area contributed by atoms with E-state index in [2.05, 4.69) is 22.9 Å². The molecule has 0 spiro atoms. The van der Waals surface area contributed by atoms with E-state index in [0.29, 0.717) is 6.61 Å². The Kier molecular flexibility index (Phi) is 12.1. The predicted molar refractivity (Wildman–Crippen MR) is 118 cm³/mol. The Balaban J connectivity index is 1.55. The summed E-state index contributed by atoms with van der Waals surface area (Å²) in [6, 6.07) is 0. The van der Waals surface area contributed by atoms with Gasteiger partial charge < -0.3 is 4.74 Å². The summed E-state index contributed by atoms with van der Waals surface area (Å²) in [4.78, 5) is 12.3. The van der Waals surface area contributed by atoms with Crippen molar-refractivity contribution in [1.29, 1.82) is 0 Å². The summed E-state index contributed by atoms with van der Waals surface area (Å²) in [5.74, 6) is 3.12. The smallest absolute Gasteiger partial charge is 0.308 e. The minimum Gasteiger partial charge on any atom is -0.465 e. The fourth-order valence-corrected chi connectivity index (χ4v) is 5.69. The van der Waals surface area contributed by atoms with Gasteiger partial charge >= 0.3 is 5.97 Å². The molecule has 0 aromatic rings. The Morgan fingerprint density at radius 1 is 0.815 bits per heavy atom. The summed E-state index contributed by atoms with van der Waals surface area (Å²) >= 11 is 3.46. The standard InChI is InChI=1S/C24H43BrO2/c1-2-3-6-9-20-10-12-21(13-11-20)22-14-16-23(17-15-22)24(26)27-19-8-5-4-7-18-25/h20-23H,2-19H2,1H3. The third-order valence-electron chi connectivity index (χ3n) is 7.15. The highest BCUT2D eigenvalue weighted by atomic mass is 79.9. The van der Waals surface area contributed by atoms with Crippen LogP contribution in [0.25, 0.3) is 0 Å². The molecule has 0 unspecified atom stereocenters. The lowest BCUT2D eigenvalue weighted by Crippen LogP contribution is -2.29. The van der Waals surface area contributed by atoms with Crippen molar-refractivity contribution in [1.82, 2.24) is 0 Å². The molecule has 0 aromatic carbocycles. The molecular weight excluding hydrogens is 400 g/mol. The first-order valence-corrected chi connectivity index (χ1v) is 13.1. The van der Waals surface area contributed by atoms with E-state index in [1.165, 1.54) is 83.5 Å². The lowest BCUT2D eigenvalue weighted by atomic mass is 9.68. The Morgan fingerprint density at radius 2 is 1.44 bits per heavy atom. The molecule has 2 nitrogen and oxygen atoms in total. The summed E-state index contributed by atoms with van der Waals surface area (Å²) in [5.41, 5.74) is 0. The van der Waals surface area contributed by atoms with Crippen LogP contribution in [0.5, 0.6) is 0 Å². The van der Waals surface area contributed by atoms with Crippen molar-refractivity contribution in [3.05, 3.63) is 0 Å². The molecule has 158 valence electrons. The molecule has 3 heteroatoms. The van der Waals surface area contributed by atoms with Crippen LogP contribution in [0.1, 0.15) is 110 Å². The lowest BCUT2D eigenvalue weighted by molar-refractivity contribution is -0.150. The van der Waals surface area contributed by atoms with Gasteiger partial charge in [-0.05, 0) is 69.1 Å². The molecule has 2 aliphatic rings. The van der Waals surface area contributed by atoms with Crippen molar-refractivity contribution in [3.8, 4) is 0 Å². The number of esters is 1. The first-order chi connectivity index (χ1) is 13.2. The normalized spacial score (nSPS) is 28.8. The van der Waals surface area contributed by atoms with Gasteiger partial charge in [0.15, 0.2) is 0 Å². The number of hydrogen-bond acceptors (Lipinski definition) is 2. The molecule has 2 fully saturated rings. The quantitative estimate of drug-likeness (QED) is 0.176. The van der Waals surface area contributed by atoms with Crippen LogP contribution in [-0.4, -0.2) is 17.9 Å². The van der Waals surface area contributed by atoms with Crippen LogP contribution in [0.2, 0.25) is 0 Å². The molecule has 27 heavy (non-hydrogen) atoms. The van der Waals surface area contributed by atoms with Gasteiger partial charge in [-0.1, -0.05) is 74.2 Å². The Morgan fingerprint density at radius 3 is 2.07 bits per heavy atom. The van der Waals surface area contributed by atoms with Crippen LogP contribution < -0.4 is 0 Å². The second-order valence-electron chi connectivity index (χ2n) is 9.16. The summed E-state index contributed by atoms with van der Waals surface area (Å²) in [7, 11) is 0. The number of alkyl halides is 1. The molecule has 0 bridgehead atoms. The Bertz CT molecular complexity index is 382. The zero-order valence-electron chi connectivity index (χ0n) is 17.7. The molecule has 2 aliphatic carbocycles. The number of carbonyl (C=O) groups excluding carboxylic acids is 1. The van der Waals surface area contributed by atoms with Crippen molar-refractivity contribution in [2.45, 2.75) is 110 Å². The van der Waals surface area contributed by atoms with Crippen molar-refractivity contribution >= 4 is 21.9 Å². The van der Waals surface area contributed by atoms with Gasteiger partial charge in [-0.15, -0.1) is 0 Å². The highest BCUT2D eigenvalue weighted by molar-refractivity contribution is 9.09. The average Bonchev–Trinajstić information content (AvgIpc) is 2.71. The number of halogens is 1. The Labute approximate surface area is 176 Å². The van der Waals surface area contributed by atoms with Crippen LogP contribution >= 0.6 is 15.9 Å². The zero-order chi connectivity index (χ0) is 19.3. The molecule has 0 aromatic heterocycles. The van der Waals surface area contributed by atoms with Gasteiger partial charge in [0.25, 0.3) is 0 Å². The third kappa shape index (κ3) is 8.88. The van der Waals surface area contributed by atoms with E-state index in [1.807, 2.05) is 0 Å². The topological polar surface area (TPSA) is 26.3 Å². The minimum atomic E-state index is 0.0913. The maximum absolute atomic E-state index is 12.3. The molecular formula is C24H43BrO2. The number of ether oxygens (including phenoxy) is 1. The van der Waals surface area contributed by atoms with Crippen LogP contribution in [0.3, 0.4) is 0 Å². The second-order valence-corrected chi connectivity index (χ2v) is 9.95. The molecule has 2 rings (SSSR count). The van der Waals surface area contributed by atoms with Gasteiger partial charge in [-0.3, -0.25) is 4.79 Å². The van der Waals surface area contributed by atoms with E-state index in [4.69, 9.17) is 4.74 Å². The second kappa shape index (κ2) is 14.0. The molecule has 0 saturated heterocycles. The molecule has 0 atom stereocenters. The van der Waals surface area contributed by atoms with E-state index in [0.717, 1.165) is 42.3 Å². The van der Waals surface area contributed by atoms with E-state index in [9.17, 15) is 4.79 Å². The third-order valence-corrected chi connectivity index (χ3v) is 7.71. The van der Waals surface area contributed by atoms with Crippen molar-refractivity contribution in [3.63, 3.8) is 0 Å². The summed E-state index contributed by atoms with van der Waals surface area (Å²) in [5, 5.41) is 1.08. The van der Waals surface area contributed by atoms with Gasteiger partial charge in [-0.25, -0.2) is 0 Å². The minimum absolute atomic E-state index is 0.0913. The molecule has 0 radical (unpaired) electrons. The average molecular weight is 444 g/mol. The van der Waals surface area contributed by atoms with E-state index in [-0.39, 0.29) is 11.9 Å². The van der Waals surface area contributed by atoms with Crippen molar-refractivity contribution in [2.24, 2.45) is 23.7 Å². The number of carbonyl (C=O) groups is 1. The van der Waals surface area contributed by atoms with Crippen LogP contribution in [0.15, 0.2) is 0 Å². The molecule has 2 saturated carbocycles. The van der Waals surface area contributed by atoms with Gasteiger partial charge in [0, 0.05) is 5.33 Å². The summed E-state index contributed by atoms with van der Waals surface area (Å²) in [6.07, 6.45) is 20.8. The maximum Gasteiger partial charge on any atom is 0.308 e. The van der Waals surface area contributed by atoms with Gasteiger partial charge in [-0.2, -0.15) is 0 Å². The number of rotatable bonds is 12. The van der Waals surface area contributed by atoms with Crippen LogP contribution in [0.4, 0.5) is 0 Å². The largest absolute Gasteiger partial charge is 0.465 e. The van der Waals surface area contributed by atoms with E-state index in [1.54, 1.807) is 0 Å². The summed E-state index contributed by atoms with van der Waals surface area (Å²) < 4.78 is 5.55. The molecule has 0 aliphatic heterocycles. The number of hydrogen-bond donors (Lipinski definition) is 0. The maximum atomic E-state index is 12.3. The van der Waals surface area contributed by atoms with E-state index < -0.39 is 0 Å². The first kappa shape index (κ1) is 23.2. The molecule has 0 amide bonds. The predicted octanol–water partition coefficient (Wildman–Crippen LogP) is 7.68. The van der Waals surface area contributed by atoms with Crippen molar-refractivity contribution in [2.75, 3.05) is 11.9 Å². The highest BCUT2D eigenvalue weighted by Gasteiger charge is 2.33. The number of unbranched alkanes of at least 4 members (excludes halogenated alkanes) is 5. The van der Waals surface area contributed by atoms with Crippen LogP contribution in [-0.2, 0) is 9.53 Å². The fourth-order valence-electron chi connectivity index (χ4n) is 5.30. The molecule has 0 N–H and O–H groups in total. The van der Waals surface area contributed by atoms with Crippen molar-refractivity contribution < 1.29 is 9.53 Å². The Hall–Kier alpha value is -0.0500. The fraction of sp³-hybridized carbons (Fsp3) is 0.958. The molecule has 0 heterocycles. The van der Waals surface area contributed by atoms with E-state index >= 15 is 0 Å².